The van der Waals surface area contributed by atoms with Crippen molar-refractivity contribution in [1.82, 2.24) is 4.90 Å². The Bertz CT molecular complexity index is 905. The minimum atomic E-state index is -0.697. The first-order chi connectivity index (χ1) is 14.0. The first-order valence-electron chi connectivity index (χ1n) is 9.26. The molecule has 1 aliphatic heterocycles. The predicted molar refractivity (Wildman–Crippen MR) is 105 cm³/mol. The number of carbonyl (C=O) groups excluding carboxylic acids is 2. The van der Waals surface area contributed by atoms with Crippen LogP contribution in [0.25, 0.3) is 0 Å². The van der Waals surface area contributed by atoms with Crippen molar-refractivity contribution < 1.29 is 28.2 Å². The van der Waals surface area contributed by atoms with Crippen molar-refractivity contribution in [2.75, 3.05) is 26.4 Å². The lowest BCUT2D eigenvalue weighted by Gasteiger charge is -2.21. The van der Waals surface area contributed by atoms with E-state index in [1.54, 1.807) is 19.1 Å². The minimum absolute atomic E-state index is 0.167. The van der Waals surface area contributed by atoms with Crippen LogP contribution in [0.1, 0.15) is 29.3 Å². The molecular weight excluding hydrogens is 401 g/mol. The van der Waals surface area contributed by atoms with E-state index in [0.29, 0.717) is 43.2 Å². The smallest absolute Gasteiger partial charge is 0.338 e. The molecule has 1 heterocycles. The molecule has 0 fully saturated rings. The maximum Gasteiger partial charge on any atom is 0.338 e. The third-order valence-corrected chi connectivity index (χ3v) is 4.64. The highest BCUT2D eigenvalue weighted by atomic mass is 35.5. The molecule has 0 unspecified atom stereocenters. The molecule has 0 bridgehead atoms. The number of benzene rings is 2. The Labute approximate surface area is 173 Å². The number of rotatable bonds is 6. The summed E-state index contributed by atoms with van der Waals surface area (Å²) in [6.07, 6.45) is 0.706. The topological polar surface area (TPSA) is 65.1 Å². The van der Waals surface area contributed by atoms with E-state index in [1.807, 2.05) is 0 Å². The van der Waals surface area contributed by atoms with Gasteiger partial charge in [-0.05, 0) is 36.8 Å². The summed E-state index contributed by atoms with van der Waals surface area (Å²) in [6.45, 7) is 2.90. The van der Waals surface area contributed by atoms with E-state index < -0.39 is 12.6 Å². The van der Waals surface area contributed by atoms with Gasteiger partial charge in [-0.2, -0.15) is 0 Å². The van der Waals surface area contributed by atoms with Crippen LogP contribution in [-0.4, -0.2) is 43.1 Å². The summed E-state index contributed by atoms with van der Waals surface area (Å²) in [6, 6.07) is 8.92. The van der Waals surface area contributed by atoms with Crippen molar-refractivity contribution in [3.8, 4) is 11.5 Å². The molecule has 1 aliphatic rings. The lowest BCUT2D eigenvalue weighted by atomic mass is 10.2. The third kappa shape index (κ3) is 5.38. The molecule has 0 spiro atoms. The Hall–Kier alpha value is -2.80. The lowest BCUT2D eigenvalue weighted by molar-refractivity contribution is -0.134. The summed E-state index contributed by atoms with van der Waals surface area (Å²) in [5, 5.41) is 0.240. The fourth-order valence-electron chi connectivity index (χ4n) is 2.88. The van der Waals surface area contributed by atoms with Crippen molar-refractivity contribution in [3.63, 3.8) is 0 Å². The average Bonchev–Trinajstić information content (AvgIpc) is 2.96. The monoisotopic (exact) mass is 421 g/mol. The van der Waals surface area contributed by atoms with Crippen LogP contribution in [0.5, 0.6) is 11.5 Å². The molecule has 0 N–H and O–H groups in total. The highest BCUT2D eigenvalue weighted by molar-refractivity contribution is 6.32. The molecule has 154 valence electrons. The molecule has 3 rings (SSSR count). The predicted octanol–water partition coefficient (Wildman–Crippen LogP) is 3.85. The van der Waals surface area contributed by atoms with E-state index >= 15 is 0 Å². The number of ether oxygens (including phenoxy) is 3. The summed E-state index contributed by atoms with van der Waals surface area (Å²) < 4.78 is 29.6. The van der Waals surface area contributed by atoms with Crippen molar-refractivity contribution in [1.29, 1.82) is 0 Å². The molecular formula is C21H21ClFNO5. The Morgan fingerprint density at radius 3 is 2.76 bits per heavy atom. The van der Waals surface area contributed by atoms with E-state index in [-0.39, 0.29) is 28.9 Å². The molecule has 0 saturated heterocycles. The Morgan fingerprint density at radius 1 is 1.21 bits per heavy atom. The molecule has 6 nitrogen and oxygen atoms in total. The highest BCUT2D eigenvalue weighted by Crippen LogP contribution is 2.38. The standard InChI is InChI=1S/C21H21ClFNO5/c1-2-24(12-14-5-3-6-16(23)9-14)19(25)13-29-21(26)15-10-17(22)20-18(11-15)27-7-4-8-28-20/h3,5-6,9-11H,2,4,7-8,12-13H2,1H3. The number of fused-ring (bicyclic) bond motifs is 1. The maximum atomic E-state index is 13.3. The summed E-state index contributed by atoms with van der Waals surface area (Å²) in [5.74, 6) is -0.689. The van der Waals surface area contributed by atoms with Crippen LogP contribution < -0.4 is 9.47 Å². The fourth-order valence-corrected chi connectivity index (χ4v) is 3.15. The van der Waals surface area contributed by atoms with Gasteiger partial charge in [-0.25, -0.2) is 9.18 Å². The van der Waals surface area contributed by atoms with Crippen LogP contribution in [0.15, 0.2) is 36.4 Å². The Balaban J connectivity index is 1.62. The quantitative estimate of drug-likeness (QED) is 0.663. The molecule has 2 aromatic carbocycles. The zero-order valence-corrected chi connectivity index (χ0v) is 16.7. The van der Waals surface area contributed by atoms with Crippen LogP contribution in [0, 0.1) is 5.82 Å². The van der Waals surface area contributed by atoms with Gasteiger partial charge in [-0.1, -0.05) is 23.7 Å². The summed E-state index contributed by atoms with van der Waals surface area (Å²) >= 11 is 6.18. The Morgan fingerprint density at radius 2 is 2.00 bits per heavy atom. The molecule has 0 aromatic heterocycles. The Kier molecular flexibility index (Phi) is 6.93. The van der Waals surface area contributed by atoms with E-state index in [4.69, 9.17) is 25.8 Å². The number of likely N-dealkylation sites (N-methyl/N-ethyl adjacent to an activating group) is 1. The van der Waals surface area contributed by atoms with Crippen molar-refractivity contribution >= 4 is 23.5 Å². The lowest BCUT2D eigenvalue weighted by Crippen LogP contribution is -2.34. The third-order valence-electron chi connectivity index (χ3n) is 4.36. The van der Waals surface area contributed by atoms with Gasteiger partial charge in [0.15, 0.2) is 18.1 Å². The van der Waals surface area contributed by atoms with Crippen molar-refractivity contribution in [2.45, 2.75) is 19.9 Å². The number of halogens is 2. The number of amides is 1. The van der Waals surface area contributed by atoms with E-state index in [0.717, 1.165) is 0 Å². The second-order valence-electron chi connectivity index (χ2n) is 6.45. The molecule has 0 saturated carbocycles. The zero-order chi connectivity index (χ0) is 20.8. The first-order valence-corrected chi connectivity index (χ1v) is 9.64. The van der Waals surface area contributed by atoms with E-state index in [9.17, 15) is 14.0 Å². The average molecular weight is 422 g/mol. The molecule has 0 atom stereocenters. The second-order valence-corrected chi connectivity index (χ2v) is 6.86. The summed E-state index contributed by atoms with van der Waals surface area (Å²) in [4.78, 5) is 26.3. The van der Waals surface area contributed by atoms with Crippen molar-refractivity contribution in [2.24, 2.45) is 0 Å². The van der Waals surface area contributed by atoms with Gasteiger partial charge in [0.2, 0.25) is 0 Å². The van der Waals surface area contributed by atoms with Gasteiger partial charge < -0.3 is 19.1 Å². The van der Waals surface area contributed by atoms with Gasteiger partial charge in [-0.3, -0.25) is 4.79 Å². The van der Waals surface area contributed by atoms with Crippen LogP contribution in [0.4, 0.5) is 4.39 Å². The number of esters is 1. The highest BCUT2D eigenvalue weighted by Gasteiger charge is 2.21. The molecule has 2 aromatic rings. The van der Waals surface area contributed by atoms with E-state index in [2.05, 4.69) is 0 Å². The van der Waals surface area contributed by atoms with Crippen LogP contribution in [-0.2, 0) is 16.1 Å². The van der Waals surface area contributed by atoms with Crippen molar-refractivity contribution in [3.05, 3.63) is 58.4 Å². The van der Waals surface area contributed by atoms with Gasteiger partial charge in [0.05, 0.1) is 23.8 Å². The van der Waals surface area contributed by atoms with Crippen LogP contribution in [0.2, 0.25) is 5.02 Å². The largest absolute Gasteiger partial charge is 0.489 e. The van der Waals surface area contributed by atoms with E-state index in [1.165, 1.54) is 29.2 Å². The number of hydrogen-bond donors (Lipinski definition) is 0. The molecule has 29 heavy (non-hydrogen) atoms. The van der Waals surface area contributed by atoms with Gasteiger partial charge in [0, 0.05) is 19.5 Å². The second kappa shape index (κ2) is 9.60. The molecule has 8 heteroatoms. The number of nitrogens with zero attached hydrogens (tertiary/aromatic N) is 1. The molecule has 1 amide bonds. The minimum Gasteiger partial charge on any atom is -0.489 e. The molecule has 0 radical (unpaired) electrons. The van der Waals surface area contributed by atoms with Gasteiger partial charge in [0.25, 0.3) is 5.91 Å². The number of carbonyl (C=O) groups is 2. The summed E-state index contributed by atoms with van der Waals surface area (Å²) in [5.41, 5.74) is 0.821. The van der Waals surface area contributed by atoms with Gasteiger partial charge in [-0.15, -0.1) is 0 Å². The van der Waals surface area contributed by atoms with Gasteiger partial charge >= 0.3 is 5.97 Å². The summed E-state index contributed by atoms with van der Waals surface area (Å²) in [7, 11) is 0. The van der Waals surface area contributed by atoms with Crippen LogP contribution >= 0.6 is 11.6 Å². The number of hydrogen-bond acceptors (Lipinski definition) is 5. The maximum absolute atomic E-state index is 13.3. The normalized spacial score (nSPS) is 12.8. The van der Waals surface area contributed by atoms with Crippen LogP contribution in [0.3, 0.4) is 0 Å². The molecule has 0 aliphatic carbocycles. The zero-order valence-electron chi connectivity index (χ0n) is 16.0. The SMILES string of the molecule is CCN(Cc1cccc(F)c1)C(=O)COC(=O)c1cc(Cl)c2c(c1)OCCCO2. The first kappa shape index (κ1) is 20.9. The fraction of sp³-hybridized carbons (Fsp3) is 0.333. The van der Waals surface area contributed by atoms with Gasteiger partial charge in [0.1, 0.15) is 5.82 Å².